The molecule has 6 aromatic rings. The fourth-order valence-corrected chi connectivity index (χ4v) is 5.75. The first-order valence-electron chi connectivity index (χ1n) is 14.4. The first kappa shape index (κ1) is 28.4. The summed E-state index contributed by atoms with van der Waals surface area (Å²) in [6, 6.07) is 56.6. The third-order valence-corrected chi connectivity index (χ3v) is 7.74. The summed E-state index contributed by atoms with van der Waals surface area (Å²) in [7, 11) is 0. The fraction of sp³-hybridized carbons (Fsp3) is 0.0500. The molecule has 6 rings (SSSR count). The van der Waals surface area contributed by atoms with Crippen LogP contribution in [-0.2, 0) is 30.3 Å². The maximum atomic E-state index is 14.2. The highest BCUT2D eigenvalue weighted by atomic mass is 16.6. The average Bonchev–Trinajstić information content (AvgIpc) is 3.11. The van der Waals surface area contributed by atoms with E-state index in [9.17, 15) is 9.59 Å². The molecule has 0 aliphatic carbocycles. The van der Waals surface area contributed by atoms with Crippen LogP contribution in [0.2, 0.25) is 0 Å². The second kappa shape index (κ2) is 12.6. The molecule has 0 spiro atoms. The van der Waals surface area contributed by atoms with E-state index in [1.54, 1.807) is 0 Å². The molecule has 0 saturated heterocycles. The van der Waals surface area contributed by atoms with E-state index in [4.69, 9.17) is 9.47 Å². The molecule has 0 atom stereocenters. The molecule has 0 N–H and O–H groups in total. The van der Waals surface area contributed by atoms with Gasteiger partial charge < -0.3 is 9.47 Å². The van der Waals surface area contributed by atoms with Crippen LogP contribution in [0.1, 0.15) is 33.4 Å². The number of esters is 2. The van der Waals surface area contributed by atoms with Gasteiger partial charge in [0.25, 0.3) is 0 Å². The van der Waals surface area contributed by atoms with Gasteiger partial charge in [-0.15, -0.1) is 0 Å². The van der Waals surface area contributed by atoms with Gasteiger partial charge in [-0.1, -0.05) is 182 Å². The lowest BCUT2D eigenvalue weighted by Crippen LogP contribution is -2.42. The van der Waals surface area contributed by atoms with E-state index in [1.165, 1.54) is 0 Å². The van der Waals surface area contributed by atoms with E-state index >= 15 is 0 Å². The molecule has 0 heterocycles. The zero-order chi connectivity index (χ0) is 30.2. The summed E-state index contributed by atoms with van der Waals surface area (Å²) in [6.07, 6.45) is 0. The van der Waals surface area contributed by atoms with E-state index < -0.39 is 23.1 Å². The summed E-state index contributed by atoms with van der Waals surface area (Å²) < 4.78 is 12.8. The van der Waals surface area contributed by atoms with Crippen molar-refractivity contribution in [3.8, 4) is 0 Å². The number of benzene rings is 6. The molecule has 0 bridgehead atoms. The van der Waals surface area contributed by atoms with Crippen LogP contribution in [0.25, 0.3) is 0 Å². The average molecular weight is 575 g/mol. The number of hydrogen-bond acceptors (Lipinski definition) is 4. The predicted octanol–water partition coefficient (Wildman–Crippen LogP) is 8.06. The van der Waals surface area contributed by atoms with Crippen molar-refractivity contribution in [3.63, 3.8) is 0 Å². The molecule has 44 heavy (non-hydrogen) atoms. The normalized spacial score (nSPS) is 11.4. The van der Waals surface area contributed by atoms with Gasteiger partial charge in [0.05, 0.1) is 0 Å². The van der Waals surface area contributed by atoms with Crippen molar-refractivity contribution in [2.24, 2.45) is 0 Å². The molecule has 0 fully saturated rings. The lowest BCUT2D eigenvalue weighted by Gasteiger charge is -2.37. The molecular weight excluding hydrogens is 544 g/mol. The molecule has 6 aromatic carbocycles. The number of carbonyl (C=O) groups excluding carboxylic acids is 2. The summed E-state index contributed by atoms with van der Waals surface area (Å²) in [5.74, 6) is -2.23. The van der Waals surface area contributed by atoms with Gasteiger partial charge in [-0.05, 0) is 0 Å². The Hall–Kier alpha value is -5.74. The van der Waals surface area contributed by atoms with E-state index in [0.29, 0.717) is 33.4 Å². The van der Waals surface area contributed by atoms with Gasteiger partial charge in [0.1, 0.15) is 0 Å². The predicted molar refractivity (Wildman–Crippen MR) is 171 cm³/mol. The third kappa shape index (κ3) is 5.30. The fourth-order valence-electron chi connectivity index (χ4n) is 5.75. The number of rotatable bonds is 8. The second-order valence-corrected chi connectivity index (χ2v) is 10.3. The lowest BCUT2D eigenvalue weighted by atomic mass is 9.80. The quantitative estimate of drug-likeness (QED) is 0.105. The van der Waals surface area contributed by atoms with E-state index in [1.807, 2.05) is 182 Å². The molecule has 214 valence electrons. The molecule has 4 heteroatoms. The Bertz CT molecular complexity index is 1470. The third-order valence-electron chi connectivity index (χ3n) is 7.74. The highest BCUT2D eigenvalue weighted by Gasteiger charge is 2.46. The Morgan fingerprint density at radius 3 is 0.614 bits per heavy atom. The smallest absolute Gasteiger partial charge is 0.419 e. The first-order chi connectivity index (χ1) is 21.6. The highest BCUT2D eigenvalue weighted by Crippen LogP contribution is 2.43. The van der Waals surface area contributed by atoms with Crippen LogP contribution < -0.4 is 0 Å². The molecular formula is C40H30O4. The first-order valence-corrected chi connectivity index (χ1v) is 14.4. The van der Waals surface area contributed by atoms with Crippen molar-refractivity contribution in [3.05, 3.63) is 215 Å². The topological polar surface area (TPSA) is 52.6 Å². The van der Waals surface area contributed by atoms with Gasteiger partial charge in [-0.2, -0.15) is 0 Å². The van der Waals surface area contributed by atoms with Crippen molar-refractivity contribution in [2.75, 3.05) is 0 Å². The van der Waals surface area contributed by atoms with Gasteiger partial charge in [-0.3, -0.25) is 0 Å². The maximum absolute atomic E-state index is 14.2. The van der Waals surface area contributed by atoms with Crippen molar-refractivity contribution in [1.29, 1.82) is 0 Å². The zero-order valence-corrected chi connectivity index (χ0v) is 24.0. The number of ether oxygens (including phenoxy) is 2. The summed E-state index contributed by atoms with van der Waals surface area (Å²) in [5, 5.41) is 0. The van der Waals surface area contributed by atoms with Crippen molar-refractivity contribution in [1.82, 2.24) is 0 Å². The van der Waals surface area contributed by atoms with Crippen LogP contribution in [-0.4, -0.2) is 11.9 Å². The Balaban J connectivity index is 1.49. The van der Waals surface area contributed by atoms with Crippen LogP contribution in [0.15, 0.2) is 182 Å². The van der Waals surface area contributed by atoms with Crippen molar-refractivity contribution >= 4 is 11.9 Å². The molecule has 4 nitrogen and oxygen atoms in total. The molecule has 0 amide bonds. The van der Waals surface area contributed by atoms with Crippen LogP contribution >= 0.6 is 0 Å². The SMILES string of the molecule is O=C(OC(c1ccccc1)(c1ccccc1)c1ccccc1)C(=O)OC(c1ccccc1)(c1ccccc1)c1ccccc1. The Kier molecular flexibility index (Phi) is 8.15. The van der Waals surface area contributed by atoms with Crippen LogP contribution in [0.3, 0.4) is 0 Å². The van der Waals surface area contributed by atoms with Gasteiger partial charge in [0.15, 0.2) is 11.2 Å². The van der Waals surface area contributed by atoms with Crippen LogP contribution in [0, 0.1) is 0 Å². The molecule has 0 saturated carbocycles. The van der Waals surface area contributed by atoms with E-state index in [2.05, 4.69) is 0 Å². The Morgan fingerprint density at radius 2 is 0.455 bits per heavy atom. The van der Waals surface area contributed by atoms with Gasteiger partial charge in [0, 0.05) is 33.4 Å². The minimum absolute atomic E-state index is 0.694. The molecule has 0 aliphatic heterocycles. The van der Waals surface area contributed by atoms with E-state index in [-0.39, 0.29) is 0 Å². The summed E-state index contributed by atoms with van der Waals surface area (Å²) in [4.78, 5) is 28.3. The van der Waals surface area contributed by atoms with Crippen LogP contribution in [0.4, 0.5) is 0 Å². The Morgan fingerprint density at radius 1 is 0.295 bits per heavy atom. The van der Waals surface area contributed by atoms with E-state index in [0.717, 1.165) is 0 Å². The van der Waals surface area contributed by atoms with Gasteiger partial charge >= 0.3 is 11.9 Å². The van der Waals surface area contributed by atoms with Crippen molar-refractivity contribution < 1.29 is 19.1 Å². The maximum Gasteiger partial charge on any atom is 0.419 e. The minimum atomic E-state index is -1.42. The van der Waals surface area contributed by atoms with Crippen molar-refractivity contribution in [2.45, 2.75) is 11.2 Å². The van der Waals surface area contributed by atoms with Gasteiger partial charge in [0.2, 0.25) is 0 Å². The molecule has 0 aliphatic rings. The highest BCUT2D eigenvalue weighted by molar-refractivity contribution is 6.30. The zero-order valence-electron chi connectivity index (χ0n) is 24.0. The lowest BCUT2D eigenvalue weighted by molar-refractivity contribution is -0.179. The Labute approximate surface area is 257 Å². The largest absolute Gasteiger partial charge is 0.436 e. The molecule has 0 radical (unpaired) electrons. The van der Waals surface area contributed by atoms with Gasteiger partial charge in [-0.25, -0.2) is 9.59 Å². The van der Waals surface area contributed by atoms with Crippen LogP contribution in [0.5, 0.6) is 0 Å². The monoisotopic (exact) mass is 574 g/mol. The number of hydrogen-bond donors (Lipinski definition) is 0. The molecule has 0 aromatic heterocycles. The second-order valence-electron chi connectivity index (χ2n) is 10.3. The number of carbonyl (C=O) groups is 2. The minimum Gasteiger partial charge on any atom is -0.436 e. The molecule has 0 unspecified atom stereocenters. The summed E-state index contributed by atoms with van der Waals surface area (Å²) in [6.45, 7) is 0. The summed E-state index contributed by atoms with van der Waals surface area (Å²) in [5.41, 5.74) is 1.32. The summed E-state index contributed by atoms with van der Waals surface area (Å²) >= 11 is 0. The standard InChI is InChI=1S/C40H30O4/c41-37(43-39(31-19-7-1-8-20-31,32-21-9-2-10-22-32)33-23-11-3-12-24-33)38(42)44-40(34-25-13-4-14-26-34,35-27-15-5-16-28-35)36-29-17-6-18-30-36/h1-30H.